The van der Waals surface area contributed by atoms with Crippen molar-refractivity contribution in [2.45, 2.75) is 12.8 Å². The van der Waals surface area contributed by atoms with Crippen LogP contribution in [0.25, 0.3) is 0 Å². The molecule has 0 aromatic heterocycles. The first kappa shape index (κ1) is 11.1. The summed E-state index contributed by atoms with van der Waals surface area (Å²) in [5, 5.41) is 0. The van der Waals surface area contributed by atoms with E-state index in [9.17, 15) is 4.79 Å². The van der Waals surface area contributed by atoms with Gasteiger partial charge in [0.1, 0.15) is 11.5 Å². The number of aldehydes is 1. The van der Waals surface area contributed by atoms with Gasteiger partial charge in [0.2, 0.25) is 0 Å². The third-order valence-corrected chi connectivity index (χ3v) is 2.78. The smallest absolute Gasteiger partial charge is 0.153 e. The van der Waals surface area contributed by atoms with Crippen LogP contribution >= 0.6 is 15.9 Å². The Hall–Kier alpha value is -1.35. The second-order valence-corrected chi connectivity index (χ2v) is 4.40. The highest BCUT2D eigenvalue weighted by Gasteiger charge is 2.06. The molecule has 0 heterocycles. The van der Waals surface area contributed by atoms with Gasteiger partial charge in [-0.15, -0.1) is 0 Å². The molecule has 0 spiro atoms. The number of carbonyl (C=O) groups is 1. The molecule has 0 saturated carbocycles. The van der Waals surface area contributed by atoms with E-state index in [1.807, 2.05) is 18.2 Å². The molecule has 82 valence electrons. The topological polar surface area (TPSA) is 26.3 Å². The summed E-state index contributed by atoms with van der Waals surface area (Å²) in [6, 6.07) is 5.39. The molecule has 1 aromatic carbocycles. The SMILES string of the molecule is O=Cc1cc(Br)ccc1OC1=CCCC=C1. The van der Waals surface area contributed by atoms with Gasteiger partial charge in [-0.2, -0.15) is 0 Å². The van der Waals surface area contributed by atoms with Crippen molar-refractivity contribution >= 4 is 22.2 Å². The zero-order valence-electron chi connectivity index (χ0n) is 8.65. The predicted octanol–water partition coefficient (Wildman–Crippen LogP) is 3.87. The summed E-state index contributed by atoms with van der Waals surface area (Å²) in [5.74, 6) is 1.40. The monoisotopic (exact) mass is 278 g/mol. The molecule has 0 atom stereocenters. The maximum atomic E-state index is 10.9. The molecule has 1 aliphatic rings. The quantitative estimate of drug-likeness (QED) is 0.785. The number of rotatable bonds is 3. The summed E-state index contributed by atoms with van der Waals surface area (Å²) >= 11 is 3.32. The van der Waals surface area contributed by atoms with Crippen molar-refractivity contribution in [3.63, 3.8) is 0 Å². The molecule has 0 aliphatic heterocycles. The molecule has 0 saturated heterocycles. The Balaban J connectivity index is 2.23. The summed E-state index contributed by atoms with van der Waals surface area (Å²) in [6.45, 7) is 0. The van der Waals surface area contributed by atoms with Crippen molar-refractivity contribution in [3.05, 3.63) is 52.2 Å². The van der Waals surface area contributed by atoms with Gasteiger partial charge in [-0.25, -0.2) is 0 Å². The summed E-state index contributed by atoms with van der Waals surface area (Å²) < 4.78 is 6.53. The van der Waals surface area contributed by atoms with E-state index in [1.165, 1.54) is 0 Å². The summed E-state index contributed by atoms with van der Waals surface area (Å²) in [7, 11) is 0. The van der Waals surface area contributed by atoms with Crippen LogP contribution in [0.15, 0.2) is 46.7 Å². The molecular formula is C13H11BrO2. The van der Waals surface area contributed by atoms with Crippen molar-refractivity contribution in [2.24, 2.45) is 0 Å². The van der Waals surface area contributed by atoms with Gasteiger partial charge in [0.25, 0.3) is 0 Å². The molecule has 2 nitrogen and oxygen atoms in total. The standard InChI is InChI=1S/C13H11BrO2/c14-11-6-7-13(10(8-11)9-15)16-12-4-2-1-3-5-12/h2,4-9H,1,3H2. The number of carbonyl (C=O) groups excluding carboxylic acids is 1. The molecule has 0 amide bonds. The zero-order valence-corrected chi connectivity index (χ0v) is 10.2. The Morgan fingerprint density at radius 1 is 1.31 bits per heavy atom. The second-order valence-electron chi connectivity index (χ2n) is 3.49. The van der Waals surface area contributed by atoms with E-state index in [2.05, 4.69) is 22.0 Å². The number of hydrogen-bond donors (Lipinski definition) is 0. The molecule has 16 heavy (non-hydrogen) atoms. The Bertz CT molecular complexity index is 461. The van der Waals surface area contributed by atoms with Gasteiger partial charge in [0.05, 0.1) is 5.56 Å². The van der Waals surface area contributed by atoms with Crippen LogP contribution in [0, 0.1) is 0 Å². The Morgan fingerprint density at radius 2 is 2.19 bits per heavy atom. The first-order valence-electron chi connectivity index (χ1n) is 5.09. The zero-order chi connectivity index (χ0) is 11.4. The molecule has 1 aliphatic carbocycles. The second kappa shape index (κ2) is 5.12. The van der Waals surface area contributed by atoms with Crippen LogP contribution in [0.3, 0.4) is 0 Å². The minimum Gasteiger partial charge on any atom is -0.457 e. The van der Waals surface area contributed by atoms with Crippen LogP contribution in [0.5, 0.6) is 5.75 Å². The van der Waals surface area contributed by atoms with Crippen LogP contribution in [0.1, 0.15) is 23.2 Å². The molecule has 0 bridgehead atoms. The largest absolute Gasteiger partial charge is 0.457 e. The lowest BCUT2D eigenvalue weighted by Gasteiger charge is -2.11. The minimum absolute atomic E-state index is 0.550. The van der Waals surface area contributed by atoms with Crippen LogP contribution in [-0.4, -0.2) is 6.29 Å². The van der Waals surface area contributed by atoms with E-state index in [-0.39, 0.29) is 0 Å². The maximum absolute atomic E-state index is 10.9. The number of benzene rings is 1. The van der Waals surface area contributed by atoms with Gasteiger partial charge >= 0.3 is 0 Å². The average Bonchev–Trinajstić information content (AvgIpc) is 2.33. The summed E-state index contributed by atoms with van der Waals surface area (Å²) in [4.78, 5) is 10.9. The third-order valence-electron chi connectivity index (χ3n) is 2.29. The fourth-order valence-corrected chi connectivity index (χ4v) is 1.88. The van der Waals surface area contributed by atoms with Gasteiger partial charge in [0, 0.05) is 4.47 Å². The van der Waals surface area contributed by atoms with E-state index in [1.54, 1.807) is 12.1 Å². The van der Waals surface area contributed by atoms with Gasteiger partial charge in [-0.3, -0.25) is 4.79 Å². The Kier molecular flexibility index (Phi) is 3.57. The van der Waals surface area contributed by atoms with E-state index in [4.69, 9.17) is 4.74 Å². The van der Waals surface area contributed by atoms with Gasteiger partial charge in [-0.05, 0) is 43.2 Å². The van der Waals surface area contributed by atoms with Crippen molar-refractivity contribution < 1.29 is 9.53 Å². The minimum atomic E-state index is 0.550. The Morgan fingerprint density at radius 3 is 2.88 bits per heavy atom. The fraction of sp³-hybridized carbons (Fsp3) is 0.154. The molecule has 2 rings (SSSR count). The molecule has 0 unspecified atom stereocenters. The van der Waals surface area contributed by atoms with Crippen LogP contribution in [0.4, 0.5) is 0 Å². The molecule has 0 fully saturated rings. The molecule has 0 N–H and O–H groups in total. The van der Waals surface area contributed by atoms with Crippen LogP contribution in [-0.2, 0) is 0 Å². The van der Waals surface area contributed by atoms with Crippen molar-refractivity contribution in [1.82, 2.24) is 0 Å². The van der Waals surface area contributed by atoms with Gasteiger partial charge < -0.3 is 4.74 Å². The van der Waals surface area contributed by atoms with E-state index in [0.29, 0.717) is 11.3 Å². The predicted molar refractivity (Wildman–Crippen MR) is 66.6 cm³/mol. The highest BCUT2D eigenvalue weighted by Crippen LogP contribution is 2.24. The van der Waals surface area contributed by atoms with Crippen molar-refractivity contribution in [1.29, 1.82) is 0 Å². The molecule has 0 radical (unpaired) electrons. The third kappa shape index (κ3) is 2.61. The lowest BCUT2D eigenvalue weighted by molar-refractivity contribution is 0.112. The van der Waals surface area contributed by atoms with Crippen molar-refractivity contribution in [3.8, 4) is 5.75 Å². The molecule has 1 aromatic rings. The fourth-order valence-electron chi connectivity index (χ4n) is 1.50. The molecule has 3 heteroatoms. The van der Waals surface area contributed by atoms with Crippen LogP contribution in [0.2, 0.25) is 0 Å². The summed E-state index contributed by atoms with van der Waals surface area (Å²) in [6.07, 6.45) is 8.85. The van der Waals surface area contributed by atoms with Crippen molar-refractivity contribution in [2.75, 3.05) is 0 Å². The highest BCUT2D eigenvalue weighted by atomic mass is 79.9. The van der Waals surface area contributed by atoms with E-state index in [0.717, 1.165) is 29.4 Å². The maximum Gasteiger partial charge on any atom is 0.153 e. The average molecular weight is 279 g/mol. The van der Waals surface area contributed by atoms with Crippen LogP contribution < -0.4 is 4.74 Å². The molecular weight excluding hydrogens is 268 g/mol. The highest BCUT2D eigenvalue weighted by molar-refractivity contribution is 9.10. The number of ether oxygens (including phenoxy) is 1. The summed E-state index contributed by atoms with van der Waals surface area (Å²) in [5.41, 5.74) is 0.550. The number of hydrogen-bond acceptors (Lipinski definition) is 2. The Labute approximate surface area is 103 Å². The van der Waals surface area contributed by atoms with E-state index < -0.39 is 0 Å². The lowest BCUT2D eigenvalue weighted by Crippen LogP contribution is -1.98. The lowest BCUT2D eigenvalue weighted by atomic mass is 10.1. The van der Waals surface area contributed by atoms with Gasteiger partial charge in [0.15, 0.2) is 6.29 Å². The number of halogens is 1. The number of allylic oxidation sites excluding steroid dienone is 3. The normalized spacial score (nSPS) is 14.4. The first-order valence-corrected chi connectivity index (χ1v) is 5.88. The van der Waals surface area contributed by atoms with E-state index >= 15 is 0 Å². The first-order chi connectivity index (χ1) is 7.79. The van der Waals surface area contributed by atoms with Gasteiger partial charge in [-0.1, -0.05) is 22.0 Å².